The van der Waals surface area contributed by atoms with Crippen LogP contribution >= 0.6 is 0 Å². The Morgan fingerprint density at radius 3 is 2.81 bits per heavy atom. The molecule has 0 saturated heterocycles. The lowest BCUT2D eigenvalue weighted by Crippen LogP contribution is -2.43. The van der Waals surface area contributed by atoms with Crippen LogP contribution in [0.1, 0.15) is 12.8 Å². The Balaban J connectivity index is 2.23. The van der Waals surface area contributed by atoms with Crippen molar-refractivity contribution in [1.82, 2.24) is 14.3 Å². The highest BCUT2D eigenvalue weighted by molar-refractivity contribution is 7.89. The first kappa shape index (κ1) is 11.6. The van der Waals surface area contributed by atoms with Gasteiger partial charge in [-0.2, -0.15) is 4.31 Å². The quantitative estimate of drug-likeness (QED) is 0.748. The average Bonchev–Trinajstić information content (AvgIpc) is 2.93. The fourth-order valence-electron chi connectivity index (χ4n) is 1.84. The summed E-state index contributed by atoms with van der Waals surface area (Å²) in [6.07, 6.45) is 4.79. The van der Waals surface area contributed by atoms with Gasteiger partial charge in [0, 0.05) is 19.6 Å². The Labute approximate surface area is 94.9 Å². The van der Waals surface area contributed by atoms with Gasteiger partial charge in [-0.25, -0.2) is 13.4 Å². The van der Waals surface area contributed by atoms with Gasteiger partial charge in [0.25, 0.3) is 10.0 Å². The molecule has 3 N–H and O–H groups in total. The van der Waals surface area contributed by atoms with Crippen LogP contribution in [0.15, 0.2) is 17.6 Å². The minimum atomic E-state index is -3.48. The number of nitrogens with one attached hydrogen (secondary N) is 1. The Hall–Kier alpha value is -0.920. The lowest BCUT2D eigenvalue weighted by molar-refractivity contribution is 0.339. The number of hydrogen-bond donors (Lipinski definition) is 2. The van der Waals surface area contributed by atoms with E-state index in [0.717, 1.165) is 12.8 Å². The average molecular weight is 244 g/mol. The van der Waals surface area contributed by atoms with Crippen LogP contribution in [0.25, 0.3) is 0 Å². The summed E-state index contributed by atoms with van der Waals surface area (Å²) < 4.78 is 25.6. The van der Waals surface area contributed by atoms with Gasteiger partial charge >= 0.3 is 0 Å². The topological polar surface area (TPSA) is 92.1 Å². The minimum absolute atomic E-state index is 0.103. The molecule has 1 unspecified atom stereocenters. The number of aromatic amines is 1. The first-order valence-corrected chi connectivity index (χ1v) is 6.68. The van der Waals surface area contributed by atoms with Gasteiger partial charge in [0.15, 0.2) is 5.03 Å². The van der Waals surface area contributed by atoms with Gasteiger partial charge in [-0.15, -0.1) is 0 Å². The molecule has 0 bridgehead atoms. The number of likely N-dealkylation sites (N-methyl/N-ethyl adjacent to an activating group) is 1. The predicted octanol–water partition coefficient (Wildman–Crippen LogP) is -0.232. The Morgan fingerprint density at radius 1 is 1.69 bits per heavy atom. The van der Waals surface area contributed by atoms with E-state index in [1.165, 1.54) is 16.8 Å². The SMILES string of the molecule is CN(C(CN)C1CC1)S(=O)(=O)c1cnc[nH]1. The van der Waals surface area contributed by atoms with Crippen LogP contribution < -0.4 is 5.73 Å². The monoisotopic (exact) mass is 244 g/mol. The third kappa shape index (κ3) is 1.98. The lowest BCUT2D eigenvalue weighted by atomic mass is 10.2. The van der Waals surface area contributed by atoms with E-state index in [0.29, 0.717) is 12.5 Å². The van der Waals surface area contributed by atoms with Crippen LogP contribution in [-0.2, 0) is 10.0 Å². The third-order valence-electron chi connectivity index (χ3n) is 3.00. The van der Waals surface area contributed by atoms with Crippen LogP contribution in [-0.4, -0.2) is 42.3 Å². The van der Waals surface area contributed by atoms with Gasteiger partial charge in [-0.05, 0) is 18.8 Å². The highest BCUT2D eigenvalue weighted by atomic mass is 32.2. The summed E-state index contributed by atoms with van der Waals surface area (Å²) in [5.41, 5.74) is 5.63. The molecular formula is C9H16N4O2S. The smallest absolute Gasteiger partial charge is 0.260 e. The normalized spacial score (nSPS) is 18.9. The summed E-state index contributed by atoms with van der Waals surface area (Å²) in [5, 5.41) is 0.120. The van der Waals surface area contributed by atoms with Crippen molar-refractivity contribution in [2.45, 2.75) is 23.9 Å². The standard InChI is InChI=1S/C9H16N4O2S/c1-13(8(4-10)7-2-3-7)16(14,15)9-5-11-6-12-9/h5-8H,2-4,10H2,1H3,(H,11,12). The van der Waals surface area contributed by atoms with Crippen molar-refractivity contribution in [3.8, 4) is 0 Å². The van der Waals surface area contributed by atoms with Crippen molar-refractivity contribution >= 4 is 10.0 Å². The van der Waals surface area contributed by atoms with Crippen LogP contribution in [0.5, 0.6) is 0 Å². The van der Waals surface area contributed by atoms with Crippen LogP contribution in [0.3, 0.4) is 0 Å². The molecule has 1 aliphatic carbocycles. The molecule has 6 nitrogen and oxygen atoms in total. The van der Waals surface area contributed by atoms with Crippen LogP contribution in [0, 0.1) is 5.92 Å². The number of imidazole rings is 1. The number of rotatable bonds is 5. The highest BCUT2D eigenvalue weighted by Gasteiger charge is 2.38. The Morgan fingerprint density at radius 2 is 2.38 bits per heavy atom. The van der Waals surface area contributed by atoms with E-state index >= 15 is 0 Å². The van der Waals surface area contributed by atoms with Gasteiger partial charge in [0.1, 0.15) is 0 Å². The molecular weight excluding hydrogens is 228 g/mol. The summed E-state index contributed by atoms with van der Waals surface area (Å²) in [7, 11) is -1.90. The number of nitrogens with two attached hydrogens (primary N) is 1. The molecule has 90 valence electrons. The molecule has 0 amide bonds. The van der Waals surface area contributed by atoms with Gasteiger partial charge in [0.05, 0.1) is 12.5 Å². The summed E-state index contributed by atoms with van der Waals surface area (Å²) in [6, 6.07) is -0.103. The van der Waals surface area contributed by atoms with Gasteiger partial charge in [-0.3, -0.25) is 0 Å². The maximum Gasteiger partial charge on any atom is 0.260 e. The molecule has 1 saturated carbocycles. The Bertz CT molecular complexity index is 438. The van der Waals surface area contributed by atoms with Crippen molar-refractivity contribution in [2.75, 3.05) is 13.6 Å². The van der Waals surface area contributed by atoms with Crippen molar-refractivity contribution < 1.29 is 8.42 Å². The van der Waals surface area contributed by atoms with Crippen LogP contribution in [0.2, 0.25) is 0 Å². The fraction of sp³-hybridized carbons (Fsp3) is 0.667. The molecule has 1 fully saturated rings. The van der Waals surface area contributed by atoms with E-state index in [2.05, 4.69) is 9.97 Å². The number of hydrogen-bond acceptors (Lipinski definition) is 4. The summed E-state index contributed by atoms with van der Waals surface area (Å²) in [4.78, 5) is 6.34. The van der Waals surface area contributed by atoms with Gasteiger partial charge in [-0.1, -0.05) is 0 Å². The zero-order chi connectivity index (χ0) is 11.8. The second-order valence-corrected chi connectivity index (χ2v) is 6.04. The second kappa shape index (κ2) is 4.15. The zero-order valence-electron chi connectivity index (χ0n) is 9.13. The molecule has 16 heavy (non-hydrogen) atoms. The van der Waals surface area contributed by atoms with Crippen molar-refractivity contribution in [1.29, 1.82) is 0 Å². The van der Waals surface area contributed by atoms with Crippen molar-refractivity contribution in [3.63, 3.8) is 0 Å². The maximum atomic E-state index is 12.1. The first-order chi connectivity index (χ1) is 7.57. The molecule has 1 atom stereocenters. The fourth-order valence-corrected chi connectivity index (χ4v) is 3.16. The molecule has 0 aromatic carbocycles. The highest BCUT2D eigenvalue weighted by Crippen LogP contribution is 2.35. The number of aromatic nitrogens is 2. The Kier molecular flexibility index (Phi) is 3.00. The first-order valence-electron chi connectivity index (χ1n) is 5.24. The molecule has 0 radical (unpaired) electrons. The predicted molar refractivity (Wildman–Crippen MR) is 59.1 cm³/mol. The van der Waals surface area contributed by atoms with Crippen LogP contribution in [0.4, 0.5) is 0 Å². The van der Waals surface area contributed by atoms with E-state index in [-0.39, 0.29) is 11.1 Å². The number of H-pyrrole nitrogens is 1. The van der Waals surface area contributed by atoms with Crippen molar-refractivity contribution in [3.05, 3.63) is 12.5 Å². The molecule has 1 aliphatic rings. The van der Waals surface area contributed by atoms with E-state index in [1.807, 2.05) is 0 Å². The number of nitrogens with zero attached hydrogens (tertiary/aromatic N) is 2. The molecule has 0 spiro atoms. The van der Waals surface area contributed by atoms with E-state index in [1.54, 1.807) is 7.05 Å². The number of sulfonamides is 1. The maximum absolute atomic E-state index is 12.1. The second-order valence-electron chi connectivity index (χ2n) is 4.08. The van der Waals surface area contributed by atoms with E-state index in [9.17, 15) is 8.42 Å². The van der Waals surface area contributed by atoms with Crippen molar-refractivity contribution in [2.24, 2.45) is 11.7 Å². The lowest BCUT2D eigenvalue weighted by Gasteiger charge is -2.25. The molecule has 1 heterocycles. The van der Waals surface area contributed by atoms with Gasteiger partial charge in [0.2, 0.25) is 0 Å². The third-order valence-corrected chi connectivity index (χ3v) is 4.81. The largest absolute Gasteiger partial charge is 0.335 e. The van der Waals surface area contributed by atoms with E-state index in [4.69, 9.17) is 5.73 Å². The molecule has 1 aromatic rings. The molecule has 1 aromatic heterocycles. The van der Waals surface area contributed by atoms with Gasteiger partial charge < -0.3 is 10.7 Å². The summed E-state index contributed by atoms with van der Waals surface area (Å²) in [5.74, 6) is 0.410. The molecule has 7 heteroatoms. The summed E-state index contributed by atoms with van der Waals surface area (Å²) in [6.45, 7) is 0.356. The minimum Gasteiger partial charge on any atom is -0.335 e. The summed E-state index contributed by atoms with van der Waals surface area (Å²) >= 11 is 0. The zero-order valence-corrected chi connectivity index (χ0v) is 9.94. The molecule has 0 aliphatic heterocycles. The molecule has 2 rings (SSSR count). The van der Waals surface area contributed by atoms with E-state index < -0.39 is 10.0 Å².